The monoisotopic (exact) mass is 391 g/mol. The van der Waals surface area contributed by atoms with Crippen molar-refractivity contribution < 1.29 is 23.8 Å². The van der Waals surface area contributed by atoms with Crippen molar-refractivity contribution in [2.75, 3.05) is 20.3 Å². The molecule has 7 heteroatoms. The van der Waals surface area contributed by atoms with Gasteiger partial charge in [0.15, 0.2) is 17.3 Å². The van der Waals surface area contributed by atoms with Crippen LogP contribution >= 0.6 is 11.3 Å². The van der Waals surface area contributed by atoms with E-state index >= 15 is 0 Å². The summed E-state index contributed by atoms with van der Waals surface area (Å²) in [5.74, 6) is -0.246. The molecule has 0 saturated heterocycles. The van der Waals surface area contributed by atoms with Gasteiger partial charge in [-0.15, -0.1) is 11.3 Å². The van der Waals surface area contributed by atoms with E-state index in [2.05, 4.69) is 16.6 Å². The predicted molar refractivity (Wildman–Crippen MR) is 104 cm³/mol. The van der Waals surface area contributed by atoms with Gasteiger partial charge in [-0.2, -0.15) is 0 Å². The van der Waals surface area contributed by atoms with Crippen LogP contribution in [0.5, 0.6) is 5.75 Å². The number of ether oxygens (including phenoxy) is 3. The van der Waals surface area contributed by atoms with Gasteiger partial charge in [0.1, 0.15) is 5.75 Å². The van der Waals surface area contributed by atoms with Gasteiger partial charge >= 0.3 is 5.97 Å². The summed E-state index contributed by atoms with van der Waals surface area (Å²) < 4.78 is 15.7. The third-order valence-corrected chi connectivity index (χ3v) is 4.72. The predicted octanol–water partition coefficient (Wildman–Crippen LogP) is 4.29. The first-order chi connectivity index (χ1) is 13.1. The molecule has 0 aliphatic carbocycles. The minimum atomic E-state index is -0.561. The highest BCUT2D eigenvalue weighted by Gasteiger charge is 2.16. The van der Waals surface area contributed by atoms with Crippen molar-refractivity contribution in [2.24, 2.45) is 0 Å². The largest absolute Gasteiger partial charge is 0.485 e. The molecule has 1 aromatic carbocycles. The summed E-state index contributed by atoms with van der Waals surface area (Å²) in [5.41, 5.74) is 1.19. The molecule has 1 aromatic heterocycles. The van der Waals surface area contributed by atoms with Gasteiger partial charge in [0.2, 0.25) is 5.78 Å². The number of carbonyl (C=O) groups excluding carboxylic acids is 2. The standard InChI is InChI=1S/C20H25NO5S/c1-3-4-5-6-11-25-12-15-7-9-16(10-8-15)26-13-18(22)19-21-17(14-27-19)20(23)24-2/h7-10,14H,3-6,11-13H2,1-2H3. The average molecular weight is 391 g/mol. The number of Topliss-reactive ketones (excluding diaryl/α,β-unsaturated/α-hetero) is 1. The summed E-state index contributed by atoms with van der Waals surface area (Å²) in [5, 5.41) is 1.72. The molecule has 0 aliphatic heterocycles. The van der Waals surface area contributed by atoms with E-state index < -0.39 is 5.97 Å². The number of nitrogens with zero attached hydrogens (tertiary/aromatic N) is 1. The van der Waals surface area contributed by atoms with E-state index in [1.54, 1.807) is 0 Å². The first kappa shape index (κ1) is 21.1. The first-order valence-corrected chi connectivity index (χ1v) is 9.88. The fraction of sp³-hybridized carbons (Fsp3) is 0.450. The lowest BCUT2D eigenvalue weighted by molar-refractivity contribution is 0.0595. The zero-order valence-electron chi connectivity index (χ0n) is 15.7. The maximum absolute atomic E-state index is 12.1. The molecule has 6 nitrogen and oxygen atoms in total. The summed E-state index contributed by atoms with van der Waals surface area (Å²) in [7, 11) is 1.27. The number of ketones is 1. The third-order valence-electron chi connectivity index (χ3n) is 3.84. The zero-order valence-corrected chi connectivity index (χ0v) is 16.5. The van der Waals surface area contributed by atoms with E-state index in [1.807, 2.05) is 24.3 Å². The molecule has 0 unspecified atom stereocenters. The molecule has 0 saturated carbocycles. The van der Waals surface area contributed by atoms with Crippen LogP contribution in [0, 0.1) is 0 Å². The molecule has 0 aliphatic rings. The number of esters is 1. The van der Waals surface area contributed by atoms with Crippen LogP contribution in [0.15, 0.2) is 29.6 Å². The smallest absolute Gasteiger partial charge is 0.357 e. The number of hydrogen-bond donors (Lipinski definition) is 0. The third kappa shape index (κ3) is 7.11. The molecule has 0 amide bonds. The molecule has 0 fully saturated rings. The van der Waals surface area contributed by atoms with E-state index in [0.29, 0.717) is 12.4 Å². The number of methoxy groups -OCH3 is 1. The van der Waals surface area contributed by atoms with E-state index in [1.165, 1.54) is 31.8 Å². The van der Waals surface area contributed by atoms with Crippen LogP contribution in [0.4, 0.5) is 0 Å². The van der Waals surface area contributed by atoms with Crippen molar-refractivity contribution in [3.05, 3.63) is 45.9 Å². The van der Waals surface area contributed by atoms with Crippen LogP contribution in [-0.2, 0) is 16.1 Å². The van der Waals surface area contributed by atoms with Gasteiger partial charge in [0.25, 0.3) is 0 Å². The SMILES string of the molecule is CCCCCCOCc1ccc(OCC(=O)c2nc(C(=O)OC)cs2)cc1. The Bertz CT molecular complexity index is 726. The summed E-state index contributed by atoms with van der Waals surface area (Å²) in [6, 6.07) is 7.46. The fourth-order valence-corrected chi connectivity index (χ4v) is 3.03. The second kappa shape index (κ2) is 11.5. The minimum Gasteiger partial charge on any atom is -0.485 e. The van der Waals surface area contributed by atoms with Crippen molar-refractivity contribution in [3.8, 4) is 5.75 Å². The molecular formula is C20H25NO5S. The molecule has 1 heterocycles. The number of thiazole rings is 1. The Kier molecular flexibility index (Phi) is 8.94. The van der Waals surface area contributed by atoms with E-state index in [4.69, 9.17) is 9.47 Å². The Labute approximate surface area is 163 Å². The minimum absolute atomic E-state index is 0.130. The van der Waals surface area contributed by atoms with Crippen LogP contribution in [0.3, 0.4) is 0 Å². The van der Waals surface area contributed by atoms with E-state index in [-0.39, 0.29) is 23.1 Å². The second-order valence-electron chi connectivity index (χ2n) is 6.00. The highest BCUT2D eigenvalue weighted by molar-refractivity contribution is 7.12. The molecule has 27 heavy (non-hydrogen) atoms. The molecule has 0 atom stereocenters. The van der Waals surface area contributed by atoms with Gasteiger partial charge < -0.3 is 14.2 Å². The van der Waals surface area contributed by atoms with E-state index in [0.717, 1.165) is 29.9 Å². The van der Waals surface area contributed by atoms with Crippen LogP contribution in [0.2, 0.25) is 0 Å². The lowest BCUT2D eigenvalue weighted by atomic mass is 10.2. The molecule has 2 aromatic rings. The normalized spacial score (nSPS) is 10.6. The van der Waals surface area contributed by atoms with Crippen molar-refractivity contribution >= 4 is 23.1 Å². The molecular weight excluding hydrogens is 366 g/mol. The van der Waals surface area contributed by atoms with Crippen LogP contribution in [0.1, 0.15) is 58.5 Å². The van der Waals surface area contributed by atoms with Crippen LogP contribution in [-0.4, -0.2) is 37.1 Å². The van der Waals surface area contributed by atoms with E-state index in [9.17, 15) is 9.59 Å². The van der Waals surface area contributed by atoms with Gasteiger partial charge in [-0.1, -0.05) is 38.3 Å². The number of carbonyl (C=O) groups is 2. The summed E-state index contributed by atoms with van der Waals surface area (Å²) >= 11 is 1.10. The van der Waals surface area contributed by atoms with Crippen molar-refractivity contribution in [3.63, 3.8) is 0 Å². The number of benzene rings is 1. The Morgan fingerprint density at radius 3 is 2.59 bits per heavy atom. The van der Waals surface area contributed by atoms with Gasteiger partial charge in [-0.3, -0.25) is 4.79 Å². The van der Waals surface area contributed by atoms with Crippen molar-refractivity contribution in [2.45, 2.75) is 39.2 Å². The summed E-state index contributed by atoms with van der Waals surface area (Å²) in [6.45, 7) is 3.39. The lowest BCUT2D eigenvalue weighted by Crippen LogP contribution is -2.12. The molecule has 0 radical (unpaired) electrons. The molecule has 0 bridgehead atoms. The maximum Gasteiger partial charge on any atom is 0.357 e. The second-order valence-corrected chi connectivity index (χ2v) is 6.86. The summed E-state index contributed by atoms with van der Waals surface area (Å²) in [6.07, 6.45) is 4.77. The van der Waals surface area contributed by atoms with Crippen LogP contribution in [0.25, 0.3) is 0 Å². The quantitative estimate of drug-likeness (QED) is 0.305. The zero-order chi connectivity index (χ0) is 19.5. The Morgan fingerprint density at radius 2 is 1.89 bits per heavy atom. The highest BCUT2D eigenvalue weighted by atomic mass is 32.1. The summed E-state index contributed by atoms with van der Waals surface area (Å²) in [4.78, 5) is 27.4. The average Bonchev–Trinajstić information content (AvgIpc) is 3.19. The fourth-order valence-electron chi connectivity index (χ4n) is 2.31. The van der Waals surface area contributed by atoms with Crippen molar-refractivity contribution in [1.29, 1.82) is 0 Å². The first-order valence-electron chi connectivity index (χ1n) is 9.00. The molecule has 0 spiro atoms. The van der Waals surface area contributed by atoms with Crippen LogP contribution < -0.4 is 4.74 Å². The number of aromatic nitrogens is 1. The number of hydrogen-bond acceptors (Lipinski definition) is 7. The van der Waals surface area contributed by atoms with Gasteiger partial charge in [-0.05, 0) is 24.1 Å². The topological polar surface area (TPSA) is 74.7 Å². The molecule has 146 valence electrons. The lowest BCUT2D eigenvalue weighted by Gasteiger charge is -2.07. The van der Waals surface area contributed by atoms with Gasteiger partial charge in [0, 0.05) is 12.0 Å². The highest BCUT2D eigenvalue weighted by Crippen LogP contribution is 2.15. The Morgan fingerprint density at radius 1 is 1.11 bits per heavy atom. The van der Waals surface area contributed by atoms with Gasteiger partial charge in [-0.25, -0.2) is 9.78 Å². The number of rotatable bonds is 12. The number of unbranched alkanes of at least 4 members (excludes halogenated alkanes) is 3. The molecule has 2 rings (SSSR count). The van der Waals surface area contributed by atoms with Crippen molar-refractivity contribution in [1.82, 2.24) is 4.98 Å². The van der Waals surface area contributed by atoms with Gasteiger partial charge in [0.05, 0.1) is 13.7 Å². The Balaban J connectivity index is 1.73. The molecule has 0 N–H and O–H groups in total. The Hall–Kier alpha value is -2.25. The maximum atomic E-state index is 12.1.